The van der Waals surface area contributed by atoms with Gasteiger partial charge in [0.1, 0.15) is 5.82 Å². The summed E-state index contributed by atoms with van der Waals surface area (Å²) in [5.74, 6) is 0.214. The Balaban J connectivity index is 1.56. The SMILES string of the molecule is CNC[C@@H]1CC1C(=O)Nc1nc2ccc(-c3cncc(F)c3C)cc2s1. The van der Waals surface area contributed by atoms with E-state index in [1.807, 2.05) is 25.2 Å². The van der Waals surface area contributed by atoms with Gasteiger partial charge in [0.15, 0.2) is 5.13 Å². The van der Waals surface area contributed by atoms with Gasteiger partial charge in [0, 0.05) is 17.7 Å². The molecule has 2 N–H and O–H groups in total. The summed E-state index contributed by atoms with van der Waals surface area (Å²) in [6.07, 6.45) is 3.81. The molecule has 0 aliphatic heterocycles. The molecule has 26 heavy (non-hydrogen) atoms. The average molecular weight is 370 g/mol. The maximum absolute atomic E-state index is 13.8. The molecule has 2 heterocycles. The van der Waals surface area contributed by atoms with Crippen molar-refractivity contribution in [1.82, 2.24) is 15.3 Å². The van der Waals surface area contributed by atoms with Crippen molar-refractivity contribution in [2.45, 2.75) is 13.3 Å². The molecule has 7 heteroatoms. The minimum absolute atomic E-state index is 0.0368. The zero-order chi connectivity index (χ0) is 18.3. The van der Waals surface area contributed by atoms with E-state index in [1.54, 1.807) is 13.1 Å². The normalized spacial score (nSPS) is 18.9. The van der Waals surface area contributed by atoms with E-state index >= 15 is 0 Å². The number of nitrogens with zero attached hydrogens (tertiary/aromatic N) is 2. The van der Waals surface area contributed by atoms with Gasteiger partial charge in [0.05, 0.1) is 16.4 Å². The highest BCUT2D eigenvalue weighted by molar-refractivity contribution is 7.22. The van der Waals surface area contributed by atoms with E-state index in [1.165, 1.54) is 17.5 Å². The Hall–Kier alpha value is -2.38. The van der Waals surface area contributed by atoms with Crippen molar-refractivity contribution in [2.24, 2.45) is 11.8 Å². The van der Waals surface area contributed by atoms with Gasteiger partial charge in [0.2, 0.25) is 5.91 Å². The predicted octanol–water partition coefficient (Wildman–Crippen LogP) is 3.60. The molecular weight excluding hydrogens is 351 g/mol. The van der Waals surface area contributed by atoms with Crippen molar-refractivity contribution < 1.29 is 9.18 Å². The van der Waals surface area contributed by atoms with E-state index in [0.29, 0.717) is 16.6 Å². The number of hydrogen-bond donors (Lipinski definition) is 2. The summed E-state index contributed by atoms with van der Waals surface area (Å²) >= 11 is 1.43. The Morgan fingerprint density at radius 2 is 2.23 bits per heavy atom. The zero-order valence-corrected chi connectivity index (χ0v) is 15.4. The molecule has 2 atom stereocenters. The minimum Gasteiger partial charge on any atom is -0.319 e. The molecule has 134 valence electrons. The van der Waals surface area contributed by atoms with Crippen LogP contribution in [0, 0.1) is 24.6 Å². The standard InChI is InChI=1S/C19H19FN4OS/c1-10-14(8-22-9-15(10)20)11-3-4-16-17(6-11)26-19(23-16)24-18(25)13-5-12(13)7-21-2/h3-4,6,8-9,12-13,21H,5,7H2,1-2H3,(H,23,24,25)/t12-,13?/m0/s1. The minimum atomic E-state index is -0.319. The van der Waals surface area contributed by atoms with Crippen LogP contribution in [0.1, 0.15) is 12.0 Å². The summed E-state index contributed by atoms with van der Waals surface area (Å²) in [5.41, 5.74) is 3.04. The van der Waals surface area contributed by atoms with Gasteiger partial charge < -0.3 is 10.6 Å². The van der Waals surface area contributed by atoms with Crippen molar-refractivity contribution in [3.63, 3.8) is 0 Å². The number of carbonyl (C=O) groups excluding carboxylic acids is 1. The van der Waals surface area contributed by atoms with Crippen LogP contribution >= 0.6 is 11.3 Å². The quantitative estimate of drug-likeness (QED) is 0.720. The molecule has 4 rings (SSSR count). The van der Waals surface area contributed by atoms with Crippen LogP contribution in [0.15, 0.2) is 30.6 Å². The van der Waals surface area contributed by atoms with Gasteiger partial charge in [-0.15, -0.1) is 0 Å². The summed E-state index contributed by atoms with van der Waals surface area (Å²) in [7, 11) is 1.90. The Kier molecular flexibility index (Phi) is 4.42. The van der Waals surface area contributed by atoms with Crippen LogP contribution in [0.3, 0.4) is 0 Å². The lowest BCUT2D eigenvalue weighted by Gasteiger charge is -2.05. The highest BCUT2D eigenvalue weighted by atomic mass is 32.1. The van der Waals surface area contributed by atoms with Gasteiger partial charge in [-0.05, 0) is 56.1 Å². The third kappa shape index (κ3) is 3.20. The maximum Gasteiger partial charge on any atom is 0.229 e. The molecule has 2 aromatic heterocycles. The Labute approximate surface area is 154 Å². The van der Waals surface area contributed by atoms with E-state index in [2.05, 4.69) is 20.6 Å². The number of aromatic nitrogens is 2. The topological polar surface area (TPSA) is 66.9 Å². The van der Waals surface area contributed by atoms with Crippen molar-refractivity contribution >= 4 is 32.6 Å². The molecule has 0 saturated heterocycles. The summed E-state index contributed by atoms with van der Waals surface area (Å²) in [5, 5.41) is 6.64. The number of benzene rings is 1. The van der Waals surface area contributed by atoms with Gasteiger partial charge in [-0.3, -0.25) is 9.78 Å². The van der Waals surface area contributed by atoms with Crippen LogP contribution in [0.5, 0.6) is 0 Å². The summed E-state index contributed by atoms with van der Waals surface area (Å²) in [6, 6.07) is 5.76. The predicted molar refractivity (Wildman–Crippen MR) is 102 cm³/mol. The third-order valence-corrected chi connectivity index (χ3v) is 5.74. The lowest BCUT2D eigenvalue weighted by molar-refractivity contribution is -0.117. The number of halogens is 1. The maximum atomic E-state index is 13.8. The van der Waals surface area contributed by atoms with Crippen LogP contribution in [-0.4, -0.2) is 29.5 Å². The number of amides is 1. The molecule has 1 aromatic carbocycles. The Morgan fingerprint density at radius 3 is 3.04 bits per heavy atom. The van der Waals surface area contributed by atoms with Crippen LogP contribution in [0.25, 0.3) is 21.3 Å². The van der Waals surface area contributed by atoms with Gasteiger partial charge >= 0.3 is 0 Å². The van der Waals surface area contributed by atoms with Gasteiger partial charge in [-0.1, -0.05) is 17.4 Å². The number of nitrogens with one attached hydrogen (secondary N) is 2. The molecule has 1 aliphatic carbocycles. The van der Waals surface area contributed by atoms with E-state index < -0.39 is 0 Å². The van der Waals surface area contributed by atoms with Crippen LogP contribution in [0.2, 0.25) is 0 Å². The average Bonchev–Trinajstić information content (AvgIpc) is 3.28. The second kappa shape index (κ2) is 6.74. The fraction of sp³-hybridized carbons (Fsp3) is 0.316. The first kappa shape index (κ1) is 17.1. The molecule has 1 amide bonds. The first-order valence-electron chi connectivity index (χ1n) is 8.53. The first-order valence-corrected chi connectivity index (χ1v) is 9.35. The monoisotopic (exact) mass is 370 g/mol. The lowest BCUT2D eigenvalue weighted by atomic mass is 10.0. The molecule has 5 nitrogen and oxygen atoms in total. The molecule has 0 radical (unpaired) electrons. The Bertz CT molecular complexity index is 987. The first-order chi connectivity index (χ1) is 12.6. The van der Waals surface area contributed by atoms with Gasteiger partial charge in [0.25, 0.3) is 0 Å². The van der Waals surface area contributed by atoms with Crippen LogP contribution < -0.4 is 10.6 Å². The summed E-state index contributed by atoms with van der Waals surface area (Å²) in [6.45, 7) is 2.61. The smallest absolute Gasteiger partial charge is 0.229 e. The van der Waals surface area contributed by atoms with Gasteiger partial charge in [-0.2, -0.15) is 0 Å². The molecule has 0 spiro atoms. The van der Waals surface area contributed by atoms with Crippen molar-refractivity contribution in [3.8, 4) is 11.1 Å². The van der Waals surface area contributed by atoms with Crippen molar-refractivity contribution in [3.05, 3.63) is 42.0 Å². The lowest BCUT2D eigenvalue weighted by Crippen LogP contribution is -2.18. The number of thiazole rings is 1. The second-order valence-electron chi connectivity index (χ2n) is 6.64. The van der Waals surface area contributed by atoms with Crippen LogP contribution in [-0.2, 0) is 4.79 Å². The third-order valence-electron chi connectivity index (χ3n) is 4.81. The number of fused-ring (bicyclic) bond motifs is 1. The highest BCUT2D eigenvalue weighted by Gasteiger charge is 2.42. The summed E-state index contributed by atoms with van der Waals surface area (Å²) in [4.78, 5) is 20.7. The van der Waals surface area contributed by atoms with Crippen molar-refractivity contribution in [2.75, 3.05) is 18.9 Å². The number of carbonyl (C=O) groups is 1. The molecule has 0 bridgehead atoms. The number of hydrogen-bond acceptors (Lipinski definition) is 5. The van der Waals surface area contributed by atoms with Crippen LogP contribution in [0.4, 0.5) is 9.52 Å². The number of anilines is 1. The highest BCUT2D eigenvalue weighted by Crippen LogP contribution is 2.39. The van der Waals surface area contributed by atoms with E-state index in [4.69, 9.17) is 0 Å². The number of pyridine rings is 1. The molecular formula is C19H19FN4OS. The van der Waals surface area contributed by atoms with Crippen molar-refractivity contribution in [1.29, 1.82) is 0 Å². The largest absolute Gasteiger partial charge is 0.319 e. The van der Waals surface area contributed by atoms with E-state index in [0.717, 1.165) is 34.3 Å². The number of rotatable bonds is 5. The fourth-order valence-electron chi connectivity index (χ4n) is 3.19. The van der Waals surface area contributed by atoms with Gasteiger partial charge in [-0.25, -0.2) is 9.37 Å². The molecule has 1 saturated carbocycles. The Morgan fingerprint density at radius 1 is 1.38 bits per heavy atom. The zero-order valence-electron chi connectivity index (χ0n) is 14.5. The molecule has 1 unspecified atom stereocenters. The summed E-state index contributed by atoms with van der Waals surface area (Å²) < 4.78 is 14.7. The van der Waals surface area contributed by atoms with E-state index in [-0.39, 0.29) is 17.6 Å². The molecule has 3 aromatic rings. The second-order valence-corrected chi connectivity index (χ2v) is 7.68. The fourth-order valence-corrected chi connectivity index (χ4v) is 4.10. The van der Waals surface area contributed by atoms with E-state index in [9.17, 15) is 9.18 Å². The molecule has 1 aliphatic rings. The molecule has 1 fully saturated rings.